The first-order valence-electron chi connectivity index (χ1n) is 38.1. The van der Waals surface area contributed by atoms with Crippen LogP contribution in [-0.2, 0) is 98.4 Å². The van der Waals surface area contributed by atoms with Crippen LogP contribution in [0.3, 0.4) is 0 Å². The standard InChI is InChI=1S/C20H18N4O.2C20H17N4O.2C13H11N.C12H10N2.3Pt/c2*1-21-9-11-23(15-21)17-5-3-7-19(13-17)25-20-8-4-6-18(14-20)24-12-10-22(2)16-24;1-22-11-12-24(15-22)17-6-4-8-19(14-17)25-18-7-3-5-16(13-18)20-21-9-10-23(20)2;2*1-14-12-8-4-2-6-10(12)11-7-3-5-9-13(11)14;1-14-11-7-3-2-5-9(11)10-6-4-8-13-12(10)14;;;/h3-12,15-16H,1-2H3;2*3-12,15H,1-2H3;2*2-9H,1H3;2-8H,1H3;;;/q-4;2*-3;;;;;2*+4. The first-order chi connectivity index (χ1) is 57.2. The zero-order chi connectivity index (χ0) is 80.3. The predicted octanol–water partition coefficient (Wildman–Crippen LogP) is 19.8. The summed E-state index contributed by atoms with van der Waals surface area (Å²) in [5, 5.41) is 7.86. The maximum atomic E-state index is 5.96. The van der Waals surface area contributed by atoms with E-state index in [1.54, 1.807) is 6.20 Å². The second kappa shape index (κ2) is 39.2. The Balaban J connectivity index is 0.000000126. The van der Waals surface area contributed by atoms with Crippen LogP contribution in [0.25, 0.3) is 82.6 Å². The van der Waals surface area contributed by atoms with Crippen molar-refractivity contribution in [1.82, 2.24) is 52.4 Å². The molecule has 0 unspecified atom stereocenters. The van der Waals surface area contributed by atoms with Crippen LogP contribution in [0.4, 0.5) is 22.7 Å². The summed E-state index contributed by atoms with van der Waals surface area (Å²) in [4.78, 5) is 24.6. The molecule has 0 N–H and O–H groups in total. The van der Waals surface area contributed by atoms with E-state index in [0.717, 1.165) is 45.5 Å². The number of fused-ring (bicyclic) bond motifs is 9. The molecule has 17 aromatic rings. The molecule has 0 atom stereocenters. The molecule has 0 fully saturated rings. The van der Waals surface area contributed by atoms with E-state index in [-0.39, 0.29) is 63.2 Å². The number of anilines is 4. The molecule has 0 radical (unpaired) electrons. The van der Waals surface area contributed by atoms with Crippen molar-refractivity contribution in [3.63, 3.8) is 0 Å². The van der Waals surface area contributed by atoms with Crippen molar-refractivity contribution in [2.75, 3.05) is 47.8 Å². The summed E-state index contributed by atoms with van der Waals surface area (Å²) in [6.07, 6.45) is 28.3. The van der Waals surface area contributed by atoms with Gasteiger partial charge in [-0.3, -0.25) is 4.98 Å². The van der Waals surface area contributed by atoms with Gasteiger partial charge in [0.25, 0.3) is 0 Å². The summed E-state index contributed by atoms with van der Waals surface area (Å²) in [5.74, 6) is 4.70. The average Bonchev–Trinajstić information content (AvgIpc) is 1.63. The quantitative estimate of drug-likeness (QED) is 0.0856. The molecule has 6 aromatic heterocycles. The number of pyridine rings is 1. The van der Waals surface area contributed by atoms with Gasteiger partial charge in [-0.1, -0.05) is 103 Å². The molecular formula is C98H84N16O3Pt3-2. The molecular weight excluding hydrogens is 2030 g/mol. The van der Waals surface area contributed by atoms with Crippen molar-refractivity contribution >= 4 is 88.3 Å². The first-order valence-corrected chi connectivity index (χ1v) is 38.1. The van der Waals surface area contributed by atoms with Crippen molar-refractivity contribution in [3.8, 4) is 51.6 Å². The Bertz CT molecular complexity index is 5990. The molecule has 11 aromatic carbocycles. The molecule has 0 amide bonds. The molecule has 21 rings (SSSR count). The number of benzene rings is 11. The van der Waals surface area contributed by atoms with Crippen LogP contribution in [0.2, 0.25) is 0 Å². The van der Waals surface area contributed by atoms with Gasteiger partial charge in [0.05, 0.1) is 18.4 Å². The molecule has 0 bridgehead atoms. The summed E-state index contributed by atoms with van der Waals surface area (Å²) in [6, 6.07) is 101. The Morgan fingerprint density at radius 3 is 0.958 bits per heavy atom. The molecule has 0 spiro atoms. The Hall–Kier alpha value is -12.8. The van der Waals surface area contributed by atoms with Crippen LogP contribution in [0.15, 0.2) is 323 Å². The Morgan fingerprint density at radius 1 is 0.308 bits per heavy atom. The first kappa shape index (κ1) is 85.1. The van der Waals surface area contributed by atoms with Gasteiger partial charge in [-0.05, 0) is 120 Å². The van der Waals surface area contributed by atoms with Crippen LogP contribution in [0.5, 0.6) is 34.5 Å². The van der Waals surface area contributed by atoms with E-state index < -0.39 is 0 Å². The minimum atomic E-state index is 0. The molecule has 120 heavy (non-hydrogen) atoms. The summed E-state index contributed by atoms with van der Waals surface area (Å²) < 4.78 is 30.2. The Kier molecular flexibility index (Phi) is 27.8. The minimum absolute atomic E-state index is 0. The SMILES string of the molecule is CN1C=CN(c2[c-]c(Oc3[c-]c(-c4nccn4C)ccc3)ccc2)[CH-]1.CN1C=CN(c2[c-]c(Oc3[c-]c(-n4[c-][n+](C)cc4)ccc3)ccc2)[CH-]1.CN1C=CN(c2[c-]c(Oc3[c-]c(N4C=CN(C)[CH-]4)ccc3)ccc2)[CH-]1.Cn1c2ccccc2c2ccccc21.Cn1c2ccccc2c2ccccc21.Cn1c2ccccc2c2cccnc21.[Pt+4].[Pt+4].[Pt]. The van der Waals surface area contributed by atoms with E-state index in [0.29, 0.717) is 34.5 Å². The van der Waals surface area contributed by atoms with Gasteiger partial charge in [0.1, 0.15) is 5.65 Å². The molecule has 0 aliphatic carbocycles. The summed E-state index contributed by atoms with van der Waals surface area (Å²) in [7, 11) is 18.1. The normalized spacial score (nSPS) is 12.9. The number of para-hydroxylation sites is 5. The number of ether oxygens (including phenoxy) is 3. The van der Waals surface area contributed by atoms with Crippen LogP contribution in [0.1, 0.15) is 0 Å². The third-order valence-corrected chi connectivity index (χ3v) is 19.7. The predicted molar refractivity (Wildman–Crippen MR) is 467 cm³/mol. The summed E-state index contributed by atoms with van der Waals surface area (Å²) in [6.45, 7) is 7.91. The maximum absolute atomic E-state index is 5.96. The third kappa shape index (κ3) is 19.8. The smallest absolute Gasteiger partial charge is 0.510 e. The molecule has 10 heterocycles. The molecule has 0 saturated carbocycles. The van der Waals surface area contributed by atoms with Crippen molar-refractivity contribution in [2.45, 2.75) is 0 Å². The fourth-order valence-electron chi connectivity index (χ4n) is 14.0. The minimum Gasteiger partial charge on any atom is -0.510 e. The Morgan fingerprint density at radius 2 is 0.625 bits per heavy atom. The second-order valence-electron chi connectivity index (χ2n) is 28.1. The monoisotopic (exact) mass is 2120 g/mol. The van der Waals surface area contributed by atoms with E-state index >= 15 is 0 Å². The van der Waals surface area contributed by atoms with Crippen LogP contribution < -0.4 is 38.4 Å². The van der Waals surface area contributed by atoms with Crippen molar-refractivity contribution in [3.05, 3.63) is 393 Å². The van der Waals surface area contributed by atoms with Gasteiger partial charge < -0.3 is 80.8 Å². The molecule has 4 aliphatic heterocycles. The molecule has 0 saturated heterocycles. The van der Waals surface area contributed by atoms with Gasteiger partial charge in [0.15, 0.2) is 0 Å². The molecule has 19 nitrogen and oxygen atoms in total. The number of hydrogen-bond donors (Lipinski definition) is 0. The van der Waals surface area contributed by atoms with Crippen LogP contribution >= 0.6 is 0 Å². The topological polar surface area (TPSA) is 108 Å². The zero-order valence-electron chi connectivity index (χ0n) is 67.2. The number of aryl methyl sites for hydroxylation is 5. The van der Waals surface area contributed by atoms with Crippen molar-refractivity contribution in [1.29, 1.82) is 0 Å². The number of rotatable bonds is 12. The largest absolute Gasteiger partial charge is 4.00 e. The zero-order valence-corrected chi connectivity index (χ0v) is 74.1. The van der Waals surface area contributed by atoms with Gasteiger partial charge in [-0.25, -0.2) is 4.98 Å². The number of aromatic nitrogens is 8. The van der Waals surface area contributed by atoms with Crippen LogP contribution in [-0.4, -0.2) is 80.6 Å². The Labute approximate surface area is 744 Å². The number of hydrogen-bond acceptors (Lipinski definition) is 13. The summed E-state index contributed by atoms with van der Waals surface area (Å²) in [5.41, 5.74) is 12.9. The van der Waals surface area contributed by atoms with Gasteiger partial charge in [0, 0.05) is 169 Å². The van der Waals surface area contributed by atoms with E-state index in [2.05, 4.69) is 215 Å². The second-order valence-corrected chi connectivity index (χ2v) is 28.1. The average molecular weight is 2120 g/mol. The third-order valence-electron chi connectivity index (χ3n) is 19.7. The maximum Gasteiger partial charge on any atom is 4.00 e. The van der Waals surface area contributed by atoms with Gasteiger partial charge in [0.2, 0.25) is 6.33 Å². The summed E-state index contributed by atoms with van der Waals surface area (Å²) >= 11 is 0. The molecule has 22 heteroatoms. The number of imidazole rings is 2. The molecule has 4 aliphatic rings. The van der Waals surface area contributed by atoms with Crippen LogP contribution in [0, 0.1) is 69.4 Å². The fourth-order valence-corrected chi connectivity index (χ4v) is 14.0. The van der Waals surface area contributed by atoms with Gasteiger partial charge in [-0.2, -0.15) is 63.1 Å². The van der Waals surface area contributed by atoms with Crippen molar-refractivity contribution < 1.29 is 82.0 Å². The molecule has 606 valence electrons. The fraction of sp³-hybridized carbons (Fsp3) is 0.0918. The van der Waals surface area contributed by atoms with E-state index in [1.807, 2.05) is 312 Å². The van der Waals surface area contributed by atoms with Gasteiger partial charge >= 0.3 is 42.1 Å². The van der Waals surface area contributed by atoms with Crippen molar-refractivity contribution in [2.24, 2.45) is 35.2 Å². The van der Waals surface area contributed by atoms with Gasteiger partial charge in [-0.15, -0.1) is 131 Å². The number of nitrogens with zero attached hydrogens (tertiary/aromatic N) is 16. The van der Waals surface area contributed by atoms with E-state index in [9.17, 15) is 0 Å². The van der Waals surface area contributed by atoms with E-state index in [1.165, 1.54) is 59.9 Å². The van der Waals surface area contributed by atoms with E-state index in [4.69, 9.17) is 14.2 Å².